The smallest absolute Gasteiger partial charge is 0.192 e. The molecule has 3 aromatic heterocycles. The number of aromatic amines is 1. The number of nitrogen functional groups attached to an aromatic ring is 1. The highest BCUT2D eigenvalue weighted by molar-refractivity contribution is 5.68. The first-order valence-electron chi connectivity index (χ1n) is 7.63. The Labute approximate surface area is 138 Å². The molecule has 0 aliphatic heterocycles. The number of aromatic nitrogens is 5. The van der Waals surface area contributed by atoms with Gasteiger partial charge in [0.2, 0.25) is 0 Å². The second kappa shape index (κ2) is 6.04. The highest BCUT2D eigenvalue weighted by Gasteiger charge is 2.15. The summed E-state index contributed by atoms with van der Waals surface area (Å²) in [5.74, 6) is 2.10. The first-order chi connectivity index (χ1) is 11.8. The molecule has 4 rings (SSSR count). The van der Waals surface area contributed by atoms with Gasteiger partial charge < -0.3 is 10.2 Å². The van der Waals surface area contributed by atoms with Gasteiger partial charge in [-0.3, -0.25) is 9.78 Å². The molecule has 24 heavy (non-hydrogen) atoms. The number of aryl methyl sites for hydroxylation is 2. The van der Waals surface area contributed by atoms with Crippen LogP contribution >= 0.6 is 0 Å². The van der Waals surface area contributed by atoms with Gasteiger partial charge in [-0.25, -0.2) is 4.98 Å². The Morgan fingerprint density at radius 1 is 1.12 bits per heavy atom. The van der Waals surface area contributed by atoms with Crippen molar-refractivity contribution in [2.45, 2.75) is 13.0 Å². The maximum Gasteiger partial charge on any atom is 0.192 e. The summed E-state index contributed by atoms with van der Waals surface area (Å²) in [7, 11) is 0. The van der Waals surface area contributed by atoms with E-state index in [4.69, 9.17) is 10.2 Å². The van der Waals surface area contributed by atoms with Gasteiger partial charge in [0.1, 0.15) is 0 Å². The molecule has 0 amide bonds. The number of furan rings is 1. The summed E-state index contributed by atoms with van der Waals surface area (Å²) >= 11 is 0. The standard InChI is InChI=1S/C17H16N6O/c18-15-13(16-19-17(21-20-16)14-7-4-10-24-14)11-23(22-15)9-8-12-5-2-1-3-6-12/h1-7,10-11H,8-9H2,(H2,18,22)(H,19,20,21). The lowest BCUT2D eigenvalue weighted by atomic mass is 10.1. The summed E-state index contributed by atoms with van der Waals surface area (Å²) in [6.45, 7) is 0.740. The normalized spacial score (nSPS) is 11.0. The highest BCUT2D eigenvalue weighted by Crippen LogP contribution is 2.24. The van der Waals surface area contributed by atoms with Crippen molar-refractivity contribution >= 4 is 5.82 Å². The van der Waals surface area contributed by atoms with Crippen LogP contribution in [0.25, 0.3) is 23.0 Å². The summed E-state index contributed by atoms with van der Waals surface area (Å²) < 4.78 is 7.13. The molecule has 0 unspecified atom stereocenters. The molecule has 4 aromatic rings. The number of hydrogen-bond acceptors (Lipinski definition) is 5. The van der Waals surface area contributed by atoms with Gasteiger partial charge >= 0.3 is 0 Å². The van der Waals surface area contributed by atoms with Gasteiger partial charge in [0, 0.05) is 12.7 Å². The molecule has 1 aromatic carbocycles. The molecule has 0 radical (unpaired) electrons. The lowest BCUT2D eigenvalue weighted by Gasteiger charge is -2.01. The fourth-order valence-corrected chi connectivity index (χ4v) is 2.52. The third-order valence-corrected chi connectivity index (χ3v) is 3.74. The predicted molar refractivity (Wildman–Crippen MR) is 89.9 cm³/mol. The third kappa shape index (κ3) is 2.79. The largest absolute Gasteiger partial charge is 0.461 e. The molecule has 0 atom stereocenters. The van der Waals surface area contributed by atoms with Crippen LogP contribution in [0.5, 0.6) is 0 Å². The monoisotopic (exact) mass is 320 g/mol. The summed E-state index contributed by atoms with van der Waals surface area (Å²) in [5.41, 5.74) is 7.98. The summed E-state index contributed by atoms with van der Waals surface area (Å²) in [6, 6.07) is 13.9. The zero-order valence-corrected chi connectivity index (χ0v) is 12.9. The minimum absolute atomic E-state index is 0.410. The van der Waals surface area contributed by atoms with E-state index in [1.165, 1.54) is 5.56 Å². The first-order valence-corrected chi connectivity index (χ1v) is 7.63. The van der Waals surface area contributed by atoms with Crippen molar-refractivity contribution in [1.29, 1.82) is 0 Å². The molecule has 0 aliphatic carbocycles. The lowest BCUT2D eigenvalue weighted by molar-refractivity contribution is 0.577. The summed E-state index contributed by atoms with van der Waals surface area (Å²) in [4.78, 5) is 4.42. The molecule has 3 N–H and O–H groups in total. The molecule has 7 nitrogen and oxygen atoms in total. The molecule has 0 saturated carbocycles. The van der Waals surface area contributed by atoms with Gasteiger partial charge in [-0.05, 0) is 24.1 Å². The van der Waals surface area contributed by atoms with Crippen LogP contribution in [0.2, 0.25) is 0 Å². The van der Waals surface area contributed by atoms with E-state index in [1.807, 2.05) is 35.1 Å². The third-order valence-electron chi connectivity index (χ3n) is 3.74. The SMILES string of the molecule is Nc1nn(CCc2ccccc2)cc1-c1n[nH]c(-c2ccco2)n1. The molecule has 0 saturated heterocycles. The van der Waals surface area contributed by atoms with E-state index in [2.05, 4.69) is 32.4 Å². The molecule has 3 heterocycles. The van der Waals surface area contributed by atoms with Gasteiger partial charge in [0.25, 0.3) is 0 Å². The van der Waals surface area contributed by atoms with Crippen LogP contribution in [0.3, 0.4) is 0 Å². The van der Waals surface area contributed by atoms with Gasteiger partial charge in [0.05, 0.1) is 11.8 Å². The maximum absolute atomic E-state index is 6.02. The molecule has 0 aliphatic rings. The van der Waals surface area contributed by atoms with E-state index in [0.717, 1.165) is 13.0 Å². The molecule has 0 fully saturated rings. The van der Waals surface area contributed by atoms with Crippen molar-refractivity contribution in [1.82, 2.24) is 25.0 Å². The van der Waals surface area contributed by atoms with Crippen LogP contribution in [-0.2, 0) is 13.0 Å². The maximum atomic E-state index is 6.02. The fourth-order valence-electron chi connectivity index (χ4n) is 2.52. The second-order valence-electron chi connectivity index (χ2n) is 5.41. The Morgan fingerprint density at radius 2 is 2.00 bits per heavy atom. The number of benzene rings is 1. The molecule has 120 valence electrons. The number of H-pyrrole nitrogens is 1. The topological polar surface area (TPSA) is 98.5 Å². The van der Waals surface area contributed by atoms with Gasteiger partial charge in [-0.1, -0.05) is 30.3 Å². The van der Waals surface area contributed by atoms with Crippen LogP contribution in [0.4, 0.5) is 5.82 Å². The number of rotatable bonds is 5. The molecular weight excluding hydrogens is 304 g/mol. The highest BCUT2D eigenvalue weighted by atomic mass is 16.3. The quantitative estimate of drug-likeness (QED) is 0.589. The van der Waals surface area contributed by atoms with E-state index < -0.39 is 0 Å². The van der Waals surface area contributed by atoms with E-state index >= 15 is 0 Å². The predicted octanol–water partition coefficient (Wildman–Crippen LogP) is 2.75. The lowest BCUT2D eigenvalue weighted by Crippen LogP contribution is -2.02. The van der Waals surface area contributed by atoms with Gasteiger partial charge in [-0.2, -0.15) is 10.2 Å². The molecule has 7 heteroatoms. The Balaban J connectivity index is 1.53. The summed E-state index contributed by atoms with van der Waals surface area (Å²) in [5, 5.41) is 11.4. The van der Waals surface area contributed by atoms with Crippen LogP contribution in [0.1, 0.15) is 5.56 Å². The number of nitrogens with zero attached hydrogens (tertiary/aromatic N) is 4. The Morgan fingerprint density at radius 3 is 2.79 bits per heavy atom. The average molecular weight is 320 g/mol. The van der Waals surface area contributed by atoms with E-state index in [1.54, 1.807) is 12.3 Å². The number of hydrogen-bond donors (Lipinski definition) is 2. The minimum Gasteiger partial charge on any atom is -0.461 e. The Bertz CT molecular complexity index is 923. The van der Waals surface area contributed by atoms with Crippen molar-refractivity contribution in [2.75, 3.05) is 5.73 Å². The summed E-state index contributed by atoms with van der Waals surface area (Å²) in [6.07, 6.45) is 4.34. The Kier molecular flexibility index (Phi) is 3.59. The van der Waals surface area contributed by atoms with E-state index in [-0.39, 0.29) is 0 Å². The van der Waals surface area contributed by atoms with E-state index in [9.17, 15) is 0 Å². The zero-order chi connectivity index (χ0) is 16.4. The van der Waals surface area contributed by atoms with Crippen LogP contribution < -0.4 is 5.73 Å². The molecular formula is C17H16N6O. The van der Waals surface area contributed by atoms with Crippen molar-refractivity contribution in [3.05, 3.63) is 60.5 Å². The Hall–Kier alpha value is -3.35. The van der Waals surface area contributed by atoms with Crippen molar-refractivity contribution in [3.63, 3.8) is 0 Å². The van der Waals surface area contributed by atoms with Gasteiger partial charge in [0.15, 0.2) is 23.2 Å². The number of nitrogens with one attached hydrogen (secondary N) is 1. The van der Waals surface area contributed by atoms with E-state index in [0.29, 0.717) is 28.8 Å². The number of nitrogens with two attached hydrogens (primary N) is 1. The molecule has 0 bridgehead atoms. The van der Waals surface area contributed by atoms with Crippen LogP contribution in [0.15, 0.2) is 59.3 Å². The first kappa shape index (κ1) is 14.3. The van der Waals surface area contributed by atoms with Crippen molar-refractivity contribution < 1.29 is 4.42 Å². The fraction of sp³-hybridized carbons (Fsp3) is 0.118. The zero-order valence-electron chi connectivity index (χ0n) is 12.9. The number of anilines is 1. The van der Waals surface area contributed by atoms with Crippen molar-refractivity contribution in [3.8, 4) is 23.0 Å². The second-order valence-corrected chi connectivity index (χ2v) is 5.41. The van der Waals surface area contributed by atoms with Gasteiger partial charge in [-0.15, -0.1) is 0 Å². The molecule has 0 spiro atoms. The van der Waals surface area contributed by atoms with Crippen LogP contribution in [0, 0.1) is 0 Å². The van der Waals surface area contributed by atoms with Crippen LogP contribution in [-0.4, -0.2) is 25.0 Å². The minimum atomic E-state index is 0.410. The average Bonchev–Trinajstić information content (AvgIpc) is 3.34. The van der Waals surface area contributed by atoms with Crippen molar-refractivity contribution in [2.24, 2.45) is 0 Å².